The van der Waals surface area contributed by atoms with E-state index in [1.54, 1.807) is 26.0 Å². The number of hydrogen-bond donors (Lipinski definition) is 7. The van der Waals surface area contributed by atoms with Crippen molar-refractivity contribution < 1.29 is 33.8 Å². The first-order valence-electron chi connectivity index (χ1n) is 14.5. The standard InChI is InChI=1S/C29H36N8O7S/c1-26(2)20(23(39)36-26)34-22(38)19(16-9-45-25(32)33-16)37-44-27(3,24(40)41)18-7-5-14-8-15(4-6-17(14)43-18)21(31)35-28-10-29(11-28,12-30)42-13-28/h4,6,8-9,18,20H,5,7,10-13,30H2,1-3H3,(H2,31,35)(H2,32,33)(H,34,38)(H,36,39)(H,40,41)/b37-19-/t18-,20-,27+,28?,29?/m1/s1. The molecule has 0 radical (unpaired) electrons. The summed E-state index contributed by atoms with van der Waals surface area (Å²) >= 11 is 1.06. The predicted octanol–water partition coefficient (Wildman–Crippen LogP) is 0.252. The van der Waals surface area contributed by atoms with Crippen LogP contribution in [0.15, 0.2) is 28.7 Å². The van der Waals surface area contributed by atoms with E-state index in [1.165, 1.54) is 12.3 Å². The lowest BCUT2D eigenvalue weighted by Gasteiger charge is -2.44. The summed E-state index contributed by atoms with van der Waals surface area (Å²) in [6.07, 6.45) is 1.25. The number of β-lactam (4-membered cyclic amide) rings is 1. The number of carbonyl (C=O) groups is 3. The highest BCUT2D eigenvalue weighted by Gasteiger charge is 2.62. The molecule has 2 amide bonds. The molecule has 4 aliphatic heterocycles. The molecule has 1 aliphatic carbocycles. The van der Waals surface area contributed by atoms with Crippen molar-refractivity contribution in [3.05, 3.63) is 40.4 Å². The second kappa shape index (κ2) is 10.7. The van der Waals surface area contributed by atoms with Gasteiger partial charge in [0.25, 0.3) is 11.5 Å². The van der Waals surface area contributed by atoms with Gasteiger partial charge in [0.15, 0.2) is 16.9 Å². The molecule has 7 rings (SSSR count). The summed E-state index contributed by atoms with van der Waals surface area (Å²) in [6.45, 7) is 5.78. The molecule has 1 aromatic carbocycles. The maximum Gasteiger partial charge on any atom is 0.354 e. The molecule has 3 saturated heterocycles. The third-order valence-corrected chi connectivity index (χ3v) is 9.76. The van der Waals surface area contributed by atoms with E-state index < -0.39 is 35.2 Å². The van der Waals surface area contributed by atoms with Crippen LogP contribution < -0.4 is 32.2 Å². The number of ether oxygens (including phenoxy) is 2. The molecule has 4 fully saturated rings. The lowest BCUT2D eigenvalue weighted by Crippen LogP contribution is -2.75. The van der Waals surface area contributed by atoms with E-state index in [0.717, 1.165) is 29.7 Å². The number of nitrogen functional groups attached to an aromatic ring is 1. The first-order valence-corrected chi connectivity index (χ1v) is 15.4. The van der Waals surface area contributed by atoms with E-state index in [1.807, 2.05) is 6.07 Å². The Morgan fingerprint density at radius 3 is 2.71 bits per heavy atom. The molecule has 16 heteroatoms. The van der Waals surface area contributed by atoms with Crippen molar-refractivity contribution in [3.63, 3.8) is 0 Å². The van der Waals surface area contributed by atoms with Crippen molar-refractivity contribution in [1.82, 2.24) is 20.9 Å². The van der Waals surface area contributed by atoms with Gasteiger partial charge < -0.3 is 46.8 Å². The van der Waals surface area contributed by atoms with Crippen molar-refractivity contribution in [2.45, 2.75) is 80.9 Å². The van der Waals surface area contributed by atoms with Crippen LogP contribution in [0, 0.1) is 5.41 Å². The van der Waals surface area contributed by atoms with Gasteiger partial charge in [-0.15, -0.1) is 11.3 Å². The number of benzene rings is 1. The van der Waals surface area contributed by atoms with E-state index >= 15 is 0 Å². The maximum atomic E-state index is 13.3. The highest BCUT2D eigenvalue weighted by atomic mass is 32.1. The number of nitrogens with zero attached hydrogens (tertiary/aromatic N) is 2. The summed E-state index contributed by atoms with van der Waals surface area (Å²) in [5, 5.41) is 33.2. The van der Waals surface area contributed by atoms with E-state index in [2.05, 4.69) is 26.1 Å². The van der Waals surface area contributed by atoms with Gasteiger partial charge in [0.2, 0.25) is 5.91 Å². The van der Waals surface area contributed by atoms with Crippen LogP contribution >= 0.6 is 11.3 Å². The lowest BCUT2D eigenvalue weighted by molar-refractivity contribution is -0.178. The Bertz CT molecular complexity index is 1620. The van der Waals surface area contributed by atoms with E-state index in [-0.39, 0.29) is 45.8 Å². The molecule has 2 aromatic rings. The Kier molecular flexibility index (Phi) is 7.28. The first-order chi connectivity index (χ1) is 21.2. The molecular weight excluding hydrogens is 604 g/mol. The van der Waals surface area contributed by atoms with Crippen molar-refractivity contribution in [2.75, 3.05) is 18.9 Å². The van der Waals surface area contributed by atoms with Gasteiger partial charge in [0, 0.05) is 30.3 Å². The van der Waals surface area contributed by atoms with Gasteiger partial charge in [-0.05, 0) is 57.4 Å². The van der Waals surface area contributed by atoms with E-state index in [0.29, 0.717) is 30.9 Å². The summed E-state index contributed by atoms with van der Waals surface area (Å²) in [5.41, 5.74) is 9.58. The third-order valence-electron chi connectivity index (χ3n) is 9.08. The Morgan fingerprint density at radius 2 is 2.11 bits per heavy atom. The number of hydrogen-bond acceptors (Lipinski definition) is 12. The molecule has 5 aliphatic rings. The van der Waals surface area contributed by atoms with Gasteiger partial charge >= 0.3 is 5.97 Å². The number of nitrogens with one attached hydrogen (secondary N) is 4. The SMILES string of the molecule is CC1(C)NC(=O)[C@H]1NC(=O)/C(=N\O[C@](C)(C(=O)O)[C@H]1CCc2cc(C(=N)NC34COC(CN)(C3)C4)ccc2O1)c1csc(N)n1. The maximum absolute atomic E-state index is 13.3. The number of carboxylic acids is 1. The normalized spacial score (nSPS) is 29.1. The molecule has 45 heavy (non-hydrogen) atoms. The Morgan fingerprint density at radius 1 is 1.36 bits per heavy atom. The number of aryl methyl sites for hydroxylation is 1. The van der Waals surface area contributed by atoms with Crippen LogP contribution in [0.5, 0.6) is 5.75 Å². The molecule has 5 heterocycles. The number of oxime groups is 1. The smallest absolute Gasteiger partial charge is 0.354 e. The fraction of sp³-hybridized carbons (Fsp3) is 0.517. The summed E-state index contributed by atoms with van der Waals surface area (Å²) in [5.74, 6) is -1.78. The second-order valence-corrected chi connectivity index (χ2v) is 13.8. The zero-order valence-electron chi connectivity index (χ0n) is 25.1. The Balaban J connectivity index is 1.18. The number of fused-ring (bicyclic) bond motifs is 2. The number of amides is 2. The number of rotatable bonds is 10. The molecule has 2 bridgehead atoms. The minimum absolute atomic E-state index is 0.0677. The minimum Gasteiger partial charge on any atom is -0.485 e. The Labute approximate surface area is 262 Å². The number of aromatic nitrogens is 1. The molecule has 3 atom stereocenters. The average Bonchev–Trinajstić information content (AvgIpc) is 3.68. The van der Waals surface area contributed by atoms with Crippen LogP contribution in [0.2, 0.25) is 0 Å². The van der Waals surface area contributed by atoms with Crippen LogP contribution in [0.3, 0.4) is 0 Å². The fourth-order valence-electron chi connectivity index (χ4n) is 6.41. The topological polar surface area (TPSA) is 236 Å². The van der Waals surface area contributed by atoms with Crippen LogP contribution in [-0.2, 0) is 30.4 Å². The van der Waals surface area contributed by atoms with Gasteiger partial charge in [-0.1, -0.05) is 5.16 Å². The first kappa shape index (κ1) is 30.7. The van der Waals surface area contributed by atoms with Crippen LogP contribution in [0.1, 0.15) is 56.9 Å². The van der Waals surface area contributed by atoms with Gasteiger partial charge in [0.1, 0.15) is 23.3 Å². The number of anilines is 1. The van der Waals surface area contributed by atoms with Crippen LogP contribution in [0.4, 0.5) is 5.13 Å². The van der Waals surface area contributed by atoms with E-state index in [4.69, 9.17) is 31.2 Å². The molecular formula is C29H36N8O7S. The zero-order chi connectivity index (χ0) is 32.4. The predicted molar refractivity (Wildman–Crippen MR) is 163 cm³/mol. The molecule has 15 nitrogen and oxygen atoms in total. The zero-order valence-corrected chi connectivity index (χ0v) is 25.9. The molecule has 9 N–H and O–H groups in total. The summed E-state index contributed by atoms with van der Waals surface area (Å²) in [7, 11) is 0. The van der Waals surface area contributed by atoms with Gasteiger partial charge in [-0.2, -0.15) is 0 Å². The minimum atomic E-state index is -2.01. The number of thiazole rings is 1. The average molecular weight is 641 g/mol. The molecule has 0 spiro atoms. The third kappa shape index (κ3) is 5.36. The number of amidine groups is 1. The number of carboxylic acid groups (broad SMARTS) is 1. The monoisotopic (exact) mass is 640 g/mol. The summed E-state index contributed by atoms with van der Waals surface area (Å²) in [4.78, 5) is 47.7. The van der Waals surface area contributed by atoms with Crippen molar-refractivity contribution >= 4 is 45.8 Å². The second-order valence-electron chi connectivity index (χ2n) is 12.9. The molecule has 240 valence electrons. The van der Waals surface area contributed by atoms with Crippen molar-refractivity contribution in [3.8, 4) is 5.75 Å². The highest BCUT2D eigenvalue weighted by Crippen LogP contribution is 2.51. The number of nitrogens with two attached hydrogens (primary N) is 2. The number of carbonyl (C=O) groups excluding carboxylic acids is 2. The van der Waals surface area contributed by atoms with Gasteiger partial charge in [0.05, 0.1) is 23.3 Å². The number of aliphatic carboxylic acids is 1. The van der Waals surface area contributed by atoms with Crippen molar-refractivity contribution in [1.29, 1.82) is 5.41 Å². The Hall–Kier alpha value is -4.28. The van der Waals surface area contributed by atoms with E-state index in [9.17, 15) is 19.5 Å². The highest BCUT2D eigenvalue weighted by molar-refractivity contribution is 7.13. The lowest BCUT2D eigenvalue weighted by atomic mass is 9.68. The molecule has 1 aromatic heterocycles. The fourth-order valence-corrected chi connectivity index (χ4v) is 6.96. The summed E-state index contributed by atoms with van der Waals surface area (Å²) < 4.78 is 12.0. The van der Waals surface area contributed by atoms with Crippen molar-refractivity contribution in [2.24, 2.45) is 10.9 Å². The van der Waals surface area contributed by atoms with Crippen LogP contribution in [0.25, 0.3) is 0 Å². The van der Waals surface area contributed by atoms with Crippen LogP contribution in [-0.4, -0.2) is 87.0 Å². The molecule has 1 saturated carbocycles. The largest absolute Gasteiger partial charge is 0.485 e. The van der Waals surface area contributed by atoms with Gasteiger partial charge in [-0.3, -0.25) is 15.0 Å². The van der Waals surface area contributed by atoms with Gasteiger partial charge in [-0.25, -0.2) is 9.78 Å². The summed E-state index contributed by atoms with van der Waals surface area (Å²) in [6, 6.07) is 4.46. The quantitative estimate of drug-likeness (QED) is 0.0804. The molecule has 0 unspecified atom stereocenters.